The standard InChI is InChI=1S/C23H27FN2O3/c24-19-6-2-1-5-17(19)10-11-25-23(27)16-26-12-3-7-20(26)18-8-9-21-22(15-18)29-14-4-13-28-21/h1-2,5-6,8-9,15,20H,3-4,7,10-14,16H2,(H,25,27)/t20-/m0/s1. The van der Waals surface area contributed by atoms with E-state index in [0.29, 0.717) is 38.3 Å². The molecule has 0 bridgehead atoms. The Morgan fingerprint density at radius 2 is 1.93 bits per heavy atom. The number of benzene rings is 2. The maximum Gasteiger partial charge on any atom is 0.234 e. The Kier molecular flexibility index (Phi) is 6.30. The van der Waals surface area contributed by atoms with Gasteiger partial charge in [-0.3, -0.25) is 9.69 Å². The molecule has 1 amide bonds. The Balaban J connectivity index is 1.33. The third kappa shape index (κ3) is 4.88. The maximum atomic E-state index is 13.7. The monoisotopic (exact) mass is 398 g/mol. The minimum absolute atomic E-state index is 0.0254. The van der Waals surface area contributed by atoms with Gasteiger partial charge in [-0.1, -0.05) is 24.3 Å². The summed E-state index contributed by atoms with van der Waals surface area (Å²) in [5, 5.41) is 2.92. The molecule has 6 heteroatoms. The molecule has 0 aromatic heterocycles. The van der Waals surface area contributed by atoms with E-state index in [9.17, 15) is 9.18 Å². The molecular formula is C23H27FN2O3. The number of halogens is 1. The van der Waals surface area contributed by atoms with Crippen LogP contribution in [0.25, 0.3) is 0 Å². The molecule has 5 nitrogen and oxygen atoms in total. The molecular weight excluding hydrogens is 371 g/mol. The van der Waals surface area contributed by atoms with E-state index < -0.39 is 0 Å². The molecule has 1 saturated heterocycles. The summed E-state index contributed by atoms with van der Waals surface area (Å²) in [4.78, 5) is 14.6. The molecule has 154 valence electrons. The molecule has 0 aliphatic carbocycles. The van der Waals surface area contributed by atoms with Crippen molar-refractivity contribution in [3.05, 3.63) is 59.4 Å². The first-order valence-corrected chi connectivity index (χ1v) is 10.3. The first-order chi connectivity index (χ1) is 14.2. The average Bonchev–Trinajstić information content (AvgIpc) is 3.04. The number of nitrogens with one attached hydrogen (secondary N) is 1. The normalized spacial score (nSPS) is 19.0. The van der Waals surface area contributed by atoms with E-state index in [0.717, 1.165) is 42.9 Å². The van der Waals surface area contributed by atoms with Crippen molar-refractivity contribution < 1.29 is 18.7 Å². The summed E-state index contributed by atoms with van der Waals surface area (Å²) in [5.41, 5.74) is 1.78. The SMILES string of the molecule is O=C(CN1CCC[C@H]1c1ccc2c(c1)OCCCO2)NCCc1ccccc1F. The fraction of sp³-hybridized carbons (Fsp3) is 0.435. The molecule has 0 spiro atoms. The molecule has 0 radical (unpaired) electrons. The third-order valence-corrected chi connectivity index (χ3v) is 5.54. The topological polar surface area (TPSA) is 50.8 Å². The molecule has 1 N–H and O–H groups in total. The van der Waals surface area contributed by atoms with Crippen LogP contribution >= 0.6 is 0 Å². The Bertz CT molecular complexity index is 858. The molecule has 0 saturated carbocycles. The van der Waals surface area contributed by atoms with E-state index in [4.69, 9.17) is 9.47 Å². The lowest BCUT2D eigenvalue weighted by atomic mass is 10.0. The van der Waals surface area contributed by atoms with Crippen LogP contribution in [0.5, 0.6) is 11.5 Å². The number of ether oxygens (including phenoxy) is 2. The van der Waals surface area contributed by atoms with E-state index in [-0.39, 0.29) is 17.8 Å². The number of rotatable bonds is 6. The van der Waals surface area contributed by atoms with E-state index in [1.54, 1.807) is 12.1 Å². The number of hydrogen-bond acceptors (Lipinski definition) is 4. The summed E-state index contributed by atoms with van der Waals surface area (Å²) in [6.45, 7) is 3.00. The van der Waals surface area contributed by atoms with Crippen molar-refractivity contribution in [2.24, 2.45) is 0 Å². The molecule has 29 heavy (non-hydrogen) atoms. The van der Waals surface area contributed by atoms with Crippen molar-refractivity contribution in [2.45, 2.75) is 31.7 Å². The molecule has 0 unspecified atom stereocenters. The summed E-state index contributed by atoms with van der Waals surface area (Å²) in [6, 6.07) is 13.0. The van der Waals surface area contributed by atoms with Crippen molar-refractivity contribution in [3.8, 4) is 11.5 Å². The summed E-state index contributed by atoms with van der Waals surface area (Å²) in [7, 11) is 0. The molecule has 2 aromatic rings. The lowest BCUT2D eigenvalue weighted by Gasteiger charge is -2.25. The van der Waals surface area contributed by atoms with E-state index in [2.05, 4.69) is 22.3 Å². The zero-order valence-corrected chi connectivity index (χ0v) is 16.5. The first-order valence-electron chi connectivity index (χ1n) is 10.3. The summed E-state index contributed by atoms with van der Waals surface area (Å²) in [5.74, 6) is 1.33. The van der Waals surface area contributed by atoms with Gasteiger partial charge in [0.2, 0.25) is 5.91 Å². The molecule has 1 fully saturated rings. The second-order valence-electron chi connectivity index (χ2n) is 7.58. The molecule has 2 aromatic carbocycles. The van der Waals surface area contributed by atoms with Crippen LogP contribution in [0.1, 0.15) is 36.4 Å². The van der Waals surface area contributed by atoms with Crippen LogP contribution in [0.15, 0.2) is 42.5 Å². The van der Waals surface area contributed by atoms with Gasteiger partial charge < -0.3 is 14.8 Å². The Labute approximate surface area is 170 Å². The molecule has 4 rings (SSSR count). The van der Waals surface area contributed by atoms with Gasteiger partial charge in [-0.05, 0) is 55.1 Å². The van der Waals surface area contributed by atoms with Gasteiger partial charge in [-0.25, -0.2) is 4.39 Å². The van der Waals surface area contributed by atoms with Crippen LogP contribution in [0.2, 0.25) is 0 Å². The van der Waals surface area contributed by atoms with Crippen LogP contribution < -0.4 is 14.8 Å². The summed E-state index contributed by atoms with van der Waals surface area (Å²) in [6.07, 6.45) is 3.44. The van der Waals surface area contributed by atoms with Crippen LogP contribution in [-0.2, 0) is 11.2 Å². The highest BCUT2D eigenvalue weighted by molar-refractivity contribution is 5.78. The van der Waals surface area contributed by atoms with Gasteiger partial charge in [0.1, 0.15) is 5.82 Å². The number of fused-ring (bicyclic) bond motifs is 1. The van der Waals surface area contributed by atoms with Gasteiger partial charge >= 0.3 is 0 Å². The minimum Gasteiger partial charge on any atom is -0.490 e. The predicted octanol–water partition coefficient (Wildman–Crippen LogP) is 3.48. The Hall–Kier alpha value is -2.60. The van der Waals surface area contributed by atoms with Crippen molar-refractivity contribution in [2.75, 3.05) is 32.8 Å². The second kappa shape index (κ2) is 9.27. The number of likely N-dealkylation sites (tertiary alicyclic amines) is 1. The van der Waals surface area contributed by atoms with Crippen LogP contribution in [-0.4, -0.2) is 43.7 Å². The lowest BCUT2D eigenvalue weighted by Crippen LogP contribution is -2.37. The first kappa shape index (κ1) is 19.7. The predicted molar refractivity (Wildman–Crippen MR) is 109 cm³/mol. The Morgan fingerprint density at radius 3 is 2.79 bits per heavy atom. The summed E-state index contributed by atoms with van der Waals surface area (Å²) >= 11 is 0. The molecule has 2 aliphatic heterocycles. The van der Waals surface area contributed by atoms with E-state index in [1.165, 1.54) is 6.07 Å². The number of carbonyl (C=O) groups is 1. The Morgan fingerprint density at radius 1 is 1.10 bits per heavy atom. The van der Waals surface area contributed by atoms with E-state index in [1.807, 2.05) is 12.1 Å². The van der Waals surface area contributed by atoms with Crippen molar-refractivity contribution >= 4 is 5.91 Å². The van der Waals surface area contributed by atoms with Gasteiger partial charge in [-0.15, -0.1) is 0 Å². The van der Waals surface area contributed by atoms with Crippen molar-refractivity contribution in [1.82, 2.24) is 10.2 Å². The maximum absolute atomic E-state index is 13.7. The van der Waals surface area contributed by atoms with Crippen LogP contribution in [0, 0.1) is 5.82 Å². The summed E-state index contributed by atoms with van der Waals surface area (Å²) < 4.78 is 25.2. The van der Waals surface area contributed by atoms with Gasteiger partial charge in [0.05, 0.1) is 19.8 Å². The van der Waals surface area contributed by atoms with Crippen LogP contribution in [0.3, 0.4) is 0 Å². The molecule has 2 heterocycles. The fourth-order valence-corrected chi connectivity index (χ4v) is 4.06. The number of amides is 1. The zero-order chi connectivity index (χ0) is 20.1. The van der Waals surface area contributed by atoms with Gasteiger partial charge in [0.15, 0.2) is 11.5 Å². The number of carbonyl (C=O) groups excluding carboxylic acids is 1. The highest BCUT2D eigenvalue weighted by Crippen LogP contribution is 2.37. The highest BCUT2D eigenvalue weighted by atomic mass is 19.1. The quantitative estimate of drug-likeness (QED) is 0.809. The van der Waals surface area contributed by atoms with Crippen molar-refractivity contribution in [1.29, 1.82) is 0 Å². The van der Waals surface area contributed by atoms with Crippen molar-refractivity contribution in [3.63, 3.8) is 0 Å². The van der Waals surface area contributed by atoms with Crippen LogP contribution in [0.4, 0.5) is 4.39 Å². The minimum atomic E-state index is -0.226. The van der Waals surface area contributed by atoms with E-state index >= 15 is 0 Å². The largest absolute Gasteiger partial charge is 0.490 e. The lowest BCUT2D eigenvalue weighted by molar-refractivity contribution is -0.122. The number of hydrogen-bond donors (Lipinski definition) is 1. The smallest absolute Gasteiger partial charge is 0.234 e. The second-order valence-corrected chi connectivity index (χ2v) is 7.58. The van der Waals surface area contributed by atoms with Gasteiger partial charge in [0.25, 0.3) is 0 Å². The average molecular weight is 398 g/mol. The van der Waals surface area contributed by atoms with Gasteiger partial charge in [-0.2, -0.15) is 0 Å². The third-order valence-electron chi connectivity index (χ3n) is 5.54. The highest BCUT2D eigenvalue weighted by Gasteiger charge is 2.28. The zero-order valence-electron chi connectivity index (χ0n) is 16.5. The molecule has 2 aliphatic rings. The number of nitrogens with zero attached hydrogens (tertiary/aromatic N) is 1. The fourth-order valence-electron chi connectivity index (χ4n) is 4.06. The van der Waals surface area contributed by atoms with Gasteiger partial charge in [0, 0.05) is 19.0 Å². The molecule has 1 atom stereocenters.